The molecule has 0 saturated carbocycles. The number of hydrogen-bond acceptors (Lipinski definition) is 5. The second kappa shape index (κ2) is 8.55. The Bertz CT molecular complexity index is 469. The van der Waals surface area contributed by atoms with Crippen molar-refractivity contribution in [3.8, 4) is 0 Å². The SMILES string of the molecule is CN(CC(=O)NC(=O)NCc1ccco1)CC1CCCCO1. The first-order valence-corrected chi connectivity index (χ1v) is 7.53. The summed E-state index contributed by atoms with van der Waals surface area (Å²) in [6, 6.07) is 2.96. The van der Waals surface area contributed by atoms with Gasteiger partial charge in [0.1, 0.15) is 5.76 Å². The maximum Gasteiger partial charge on any atom is 0.321 e. The standard InChI is InChI=1S/C15H23N3O4/c1-18(10-13-5-2-3-7-22-13)11-14(19)17-15(20)16-9-12-6-4-8-21-12/h4,6,8,13H,2-3,5,7,9-11H2,1H3,(H2,16,17,19,20). The van der Waals surface area contributed by atoms with Gasteiger partial charge in [-0.2, -0.15) is 0 Å². The smallest absolute Gasteiger partial charge is 0.321 e. The Kier molecular flexibility index (Phi) is 6.42. The highest BCUT2D eigenvalue weighted by molar-refractivity contribution is 5.95. The van der Waals surface area contributed by atoms with Crippen LogP contribution in [-0.2, 0) is 16.1 Å². The lowest BCUT2D eigenvalue weighted by atomic mass is 10.1. The zero-order valence-electron chi connectivity index (χ0n) is 12.8. The monoisotopic (exact) mass is 309 g/mol. The summed E-state index contributed by atoms with van der Waals surface area (Å²) in [5.74, 6) is 0.296. The maximum atomic E-state index is 11.8. The third-order valence-electron chi connectivity index (χ3n) is 3.46. The van der Waals surface area contributed by atoms with E-state index in [0.717, 1.165) is 19.4 Å². The van der Waals surface area contributed by atoms with Crippen LogP contribution >= 0.6 is 0 Å². The van der Waals surface area contributed by atoms with Gasteiger partial charge in [-0.15, -0.1) is 0 Å². The van der Waals surface area contributed by atoms with Crippen molar-refractivity contribution in [3.05, 3.63) is 24.2 Å². The molecule has 1 aliphatic heterocycles. The topological polar surface area (TPSA) is 83.8 Å². The van der Waals surface area contributed by atoms with E-state index in [4.69, 9.17) is 9.15 Å². The largest absolute Gasteiger partial charge is 0.467 e. The van der Waals surface area contributed by atoms with Crippen LogP contribution in [0.2, 0.25) is 0 Å². The Labute approximate surface area is 130 Å². The molecule has 0 aromatic carbocycles. The number of hydrogen-bond donors (Lipinski definition) is 2. The number of rotatable bonds is 6. The fourth-order valence-corrected chi connectivity index (χ4v) is 2.40. The normalized spacial score (nSPS) is 18.2. The zero-order chi connectivity index (χ0) is 15.8. The Hall–Kier alpha value is -1.86. The van der Waals surface area contributed by atoms with Crippen molar-refractivity contribution in [2.24, 2.45) is 0 Å². The van der Waals surface area contributed by atoms with Crippen LogP contribution in [0.25, 0.3) is 0 Å². The van der Waals surface area contributed by atoms with Crippen LogP contribution in [0.15, 0.2) is 22.8 Å². The van der Waals surface area contributed by atoms with Crippen LogP contribution in [0.4, 0.5) is 4.79 Å². The molecule has 0 bridgehead atoms. The molecule has 3 amide bonds. The van der Waals surface area contributed by atoms with Crippen LogP contribution < -0.4 is 10.6 Å². The summed E-state index contributed by atoms with van der Waals surface area (Å²) in [6.45, 7) is 1.90. The van der Waals surface area contributed by atoms with Crippen molar-refractivity contribution in [1.82, 2.24) is 15.5 Å². The predicted molar refractivity (Wildman–Crippen MR) is 80.2 cm³/mol. The highest BCUT2D eigenvalue weighted by atomic mass is 16.5. The van der Waals surface area contributed by atoms with Crippen molar-refractivity contribution in [2.75, 3.05) is 26.7 Å². The summed E-state index contributed by atoms with van der Waals surface area (Å²) in [6.07, 6.45) is 5.01. The van der Waals surface area contributed by atoms with Gasteiger partial charge in [-0.3, -0.25) is 15.0 Å². The van der Waals surface area contributed by atoms with Crippen LogP contribution in [-0.4, -0.2) is 49.7 Å². The summed E-state index contributed by atoms with van der Waals surface area (Å²) >= 11 is 0. The lowest BCUT2D eigenvalue weighted by Crippen LogP contribution is -2.45. The molecule has 22 heavy (non-hydrogen) atoms. The molecule has 0 aliphatic carbocycles. The Morgan fingerprint density at radius 3 is 2.95 bits per heavy atom. The highest BCUT2D eigenvalue weighted by Gasteiger charge is 2.18. The number of urea groups is 1. The van der Waals surface area contributed by atoms with E-state index in [-0.39, 0.29) is 25.1 Å². The van der Waals surface area contributed by atoms with E-state index < -0.39 is 6.03 Å². The summed E-state index contributed by atoms with van der Waals surface area (Å²) < 4.78 is 10.7. The number of carbonyl (C=O) groups is 2. The number of carbonyl (C=O) groups excluding carboxylic acids is 2. The zero-order valence-corrected chi connectivity index (χ0v) is 12.8. The predicted octanol–water partition coefficient (Wildman–Crippen LogP) is 1.11. The molecule has 0 spiro atoms. The Balaban J connectivity index is 1.62. The van der Waals surface area contributed by atoms with Gasteiger partial charge in [-0.1, -0.05) is 0 Å². The number of imide groups is 1. The van der Waals surface area contributed by atoms with Gasteiger partial charge in [0.15, 0.2) is 0 Å². The minimum Gasteiger partial charge on any atom is -0.467 e. The number of ether oxygens (including phenoxy) is 1. The van der Waals surface area contributed by atoms with E-state index >= 15 is 0 Å². The number of furan rings is 1. The van der Waals surface area contributed by atoms with Crippen LogP contribution in [0, 0.1) is 0 Å². The van der Waals surface area contributed by atoms with E-state index in [1.54, 1.807) is 12.1 Å². The molecule has 7 heteroatoms. The maximum absolute atomic E-state index is 11.8. The van der Waals surface area contributed by atoms with Gasteiger partial charge in [0.2, 0.25) is 5.91 Å². The molecule has 2 rings (SSSR count). The van der Waals surface area contributed by atoms with E-state index in [1.807, 2.05) is 11.9 Å². The number of amides is 3. The minimum absolute atomic E-state index is 0.161. The van der Waals surface area contributed by atoms with Gasteiger partial charge >= 0.3 is 6.03 Å². The Morgan fingerprint density at radius 1 is 1.41 bits per heavy atom. The molecule has 1 saturated heterocycles. The van der Waals surface area contributed by atoms with Gasteiger partial charge in [0, 0.05) is 13.2 Å². The fourth-order valence-electron chi connectivity index (χ4n) is 2.40. The van der Waals surface area contributed by atoms with E-state index in [1.165, 1.54) is 12.7 Å². The van der Waals surface area contributed by atoms with Gasteiger partial charge in [0.25, 0.3) is 0 Å². The van der Waals surface area contributed by atoms with Crippen molar-refractivity contribution < 1.29 is 18.7 Å². The van der Waals surface area contributed by atoms with Crippen molar-refractivity contribution in [3.63, 3.8) is 0 Å². The third-order valence-corrected chi connectivity index (χ3v) is 3.46. The van der Waals surface area contributed by atoms with Crippen molar-refractivity contribution in [1.29, 1.82) is 0 Å². The van der Waals surface area contributed by atoms with Gasteiger partial charge in [0.05, 0.1) is 25.5 Å². The molecule has 7 nitrogen and oxygen atoms in total. The number of nitrogens with one attached hydrogen (secondary N) is 2. The second-order valence-electron chi connectivity index (χ2n) is 5.50. The molecule has 1 fully saturated rings. The Morgan fingerprint density at radius 2 is 2.27 bits per heavy atom. The third kappa shape index (κ3) is 5.87. The quantitative estimate of drug-likeness (QED) is 0.822. The first kappa shape index (κ1) is 16.5. The highest BCUT2D eigenvalue weighted by Crippen LogP contribution is 2.13. The average molecular weight is 309 g/mol. The molecule has 1 aromatic heterocycles. The first-order chi connectivity index (χ1) is 10.6. The summed E-state index contributed by atoms with van der Waals surface area (Å²) in [5, 5.41) is 4.86. The molecule has 1 aliphatic rings. The van der Waals surface area contributed by atoms with E-state index in [2.05, 4.69) is 10.6 Å². The van der Waals surface area contributed by atoms with Crippen molar-refractivity contribution in [2.45, 2.75) is 31.9 Å². The lowest BCUT2D eigenvalue weighted by Gasteiger charge is -2.26. The number of likely N-dealkylation sites (N-methyl/N-ethyl adjacent to an activating group) is 1. The number of nitrogens with zero attached hydrogens (tertiary/aromatic N) is 1. The van der Waals surface area contributed by atoms with Gasteiger partial charge in [-0.05, 0) is 38.4 Å². The molecular weight excluding hydrogens is 286 g/mol. The second-order valence-corrected chi connectivity index (χ2v) is 5.50. The summed E-state index contributed by atoms with van der Waals surface area (Å²) in [4.78, 5) is 25.2. The molecular formula is C15H23N3O4. The first-order valence-electron chi connectivity index (χ1n) is 7.53. The van der Waals surface area contributed by atoms with E-state index in [0.29, 0.717) is 12.3 Å². The van der Waals surface area contributed by atoms with Crippen LogP contribution in [0.5, 0.6) is 0 Å². The van der Waals surface area contributed by atoms with Gasteiger partial charge < -0.3 is 14.5 Å². The fraction of sp³-hybridized carbons (Fsp3) is 0.600. The molecule has 2 heterocycles. The summed E-state index contributed by atoms with van der Waals surface area (Å²) in [5.41, 5.74) is 0. The molecule has 2 N–H and O–H groups in total. The molecule has 1 aromatic rings. The molecule has 1 atom stereocenters. The summed E-state index contributed by atoms with van der Waals surface area (Å²) in [7, 11) is 1.85. The molecule has 122 valence electrons. The minimum atomic E-state index is -0.524. The van der Waals surface area contributed by atoms with Crippen molar-refractivity contribution >= 4 is 11.9 Å². The molecule has 0 radical (unpaired) electrons. The van der Waals surface area contributed by atoms with E-state index in [9.17, 15) is 9.59 Å². The average Bonchev–Trinajstić information content (AvgIpc) is 2.99. The van der Waals surface area contributed by atoms with Crippen LogP contribution in [0.1, 0.15) is 25.0 Å². The molecule has 1 unspecified atom stereocenters. The van der Waals surface area contributed by atoms with Gasteiger partial charge in [-0.25, -0.2) is 4.79 Å². The van der Waals surface area contributed by atoms with Crippen LogP contribution in [0.3, 0.4) is 0 Å². The lowest BCUT2D eigenvalue weighted by molar-refractivity contribution is -0.121.